The van der Waals surface area contributed by atoms with Gasteiger partial charge in [-0.15, -0.1) is 11.6 Å². The average Bonchev–Trinajstić information content (AvgIpc) is 3.68. The number of anilines is 2. The van der Waals surface area contributed by atoms with Gasteiger partial charge < -0.3 is 24.0 Å². The monoisotopic (exact) mass is 671 g/mol. The Balaban J connectivity index is 0.998. The molecule has 2 aliphatic heterocycles. The Morgan fingerprint density at radius 3 is 2.18 bits per heavy atom. The minimum absolute atomic E-state index is 0.0683. The first kappa shape index (κ1) is 31.8. The summed E-state index contributed by atoms with van der Waals surface area (Å²) in [4.78, 5) is 17.5. The third-order valence-corrected chi connectivity index (χ3v) is 9.39. The van der Waals surface area contributed by atoms with Gasteiger partial charge in [0.05, 0.1) is 29.2 Å². The molecular weight excluding hydrogens is 637 g/mol. The van der Waals surface area contributed by atoms with Gasteiger partial charge in [-0.1, -0.05) is 36.2 Å². The van der Waals surface area contributed by atoms with Crippen LogP contribution in [-0.4, -0.2) is 65.7 Å². The Morgan fingerprint density at radius 2 is 1.58 bits per heavy atom. The van der Waals surface area contributed by atoms with Crippen LogP contribution in [0.1, 0.15) is 31.9 Å². The molecule has 0 N–H and O–H groups in total. The number of benzene rings is 3. The molecule has 9 nitrogen and oxygen atoms in total. The van der Waals surface area contributed by atoms with Crippen molar-refractivity contribution >= 4 is 46.2 Å². The van der Waals surface area contributed by atoms with Gasteiger partial charge >= 0.3 is 5.69 Å². The van der Waals surface area contributed by atoms with Crippen LogP contribution in [-0.2, 0) is 15.3 Å². The largest absolute Gasteiger partial charge is 0.491 e. The van der Waals surface area contributed by atoms with Gasteiger partial charge in [0, 0.05) is 48.1 Å². The van der Waals surface area contributed by atoms with Crippen molar-refractivity contribution in [3.8, 4) is 11.4 Å². The lowest BCUT2D eigenvalue weighted by molar-refractivity contribution is -0.161. The summed E-state index contributed by atoms with van der Waals surface area (Å²) in [7, 11) is 0. The third-order valence-electron chi connectivity index (χ3n) is 8.49. The molecule has 0 unspecified atom stereocenters. The van der Waals surface area contributed by atoms with Crippen molar-refractivity contribution in [1.29, 1.82) is 0 Å². The zero-order valence-corrected chi connectivity index (χ0v) is 27.5. The molecule has 3 atom stereocenters. The fourth-order valence-electron chi connectivity index (χ4n) is 5.69. The first-order chi connectivity index (χ1) is 21.8. The number of alkyl halides is 1. The van der Waals surface area contributed by atoms with Crippen molar-refractivity contribution in [2.45, 2.75) is 38.2 Å². The molecule has 0 amide bonds. The van der Waals surface area contributed by atoms with Crippen molar-refractivity contribution in [3.63, 3.8) is 0 Å². The minimum Gasteiger partial charge on any atom is -0.491 e. The summed E-state index contributed by atoms with van der Waals surface area (Å²) >= 11 is 18.7. The second kappa shape index (κ2) is 13.6. The van der Waals surface area contributed by atoms with Crippen molar-refractivity contribution in [2.75, 3.05) is 55.1 Å². The molecule has 238 valence electrons. The van der Waals surface area contributed by atoms with Crippen LogP contribution in [0.2, 0.25) is 10.0 Å². The van der Waals surface area contributed by atoms with Gasteiger partial charge in [0.25, 0.3) is 0 Å². The van der Waals surface area contributed by atoms with Crippen LogP contribution < -0.4 is 20.2 Å². The van der Waals surface area contributed by atoms with E-state index in [1.165, 1.54) is 4.68 Å². The number of aromatic nitrogens is 3. The summed E-state index contributed by atoms with van der Waals surface area (Å²) in [5, 5.41) is 5.26. The summed E-state index contributed by atoms with van der Waals surface area (Å²) < 4.78 is 21.4. The second-order valence-electron chi connectivity index (χ2n) is 11.3. The molecule has 0 radical (unpaired) electrons. The average molecular weight is 673 g/mol. The predicted molar refractivity (Wildman–Crippen MR) is 179 cm³/mol. The maximum Gasteiger partial charge on any atom is 0.350 e. The highest BCUT2D eigenvalue weighted by molar-refractivity contribution is 6.35. The van der Waals surface area contributed by atoms with Crippen LogP contribution in [0.4, 0.5) is 11.4 Å². The number of hydrogen-bond acceptors (Lipinski definition) is 7. The van der Waals surface area contributed by atoms with E-state index in [9.17, 15) is 4.79 Å². The van der Waals surface area contributed by atoms with Crippen molar-refractivity contribution in [2.24, 2.45) is 0 Å². The number of ether oxygens (including phenoxy) is 3. The molecule has 45 heavy (non-hydrogen) atoms. The Bertz CT molecular complexity index is 1650. The molecule has 4 aromatic rings. The van der Waals surface area contributed by atoms with Crippen LogP contribution in [0.25, 0.3) is 5.69 Å². The van der Waals surface area contributed by atoms with Crippen LogP contribution in [0.3, 0.4) is 0 Å². The Morgan fingerprint density at radius 1 is 0.956 bits per heavy atom. The van der Waals surface area contributed by atoms with E-state index >= 15 is 0 Å². The fourth-order valence-corrected chi connectivity index (χ4v) is 6.52. The summed E-state index contributed by atoms with van der Waals surface area (Å²) in [5.41, 5.74) is 3.63. The summed E-state index contributed by atoms with van der Waals surface area (Å²) in [6.45, 7) is 8.26. The van der Waals surface area contributed by atoms with Gasteiger partial charge in [-0.05, 0) is 74.0 Å². The summed E-state index contributed by atoms with van der Waals surface area (Å²) in [5.74, 6) is -0.297. The van der Waals surface area contributed by atoms with Gasteiger partial charge in [-0.25, -0.2) is 14.0 Å². The van der Waals surface area contributed by atoms with Gasteiger partial charge in [0.1, 0.15) is 24.8 Å². The van der Waals surface area contributed by atoms with E-state index in [1.807, 2.05) is 38.1 Å². The standard InChI is InChI=1S/C33H36Cl3N5O4/c1-3-23(2)41-32(42)40(22-37-41)27-7-5-25(6-8-27)38-14-16-39(17-15-38)26-9-11-28(12-10-26)43-19-29-20-44-33(21-34,45-29)30-13-4-24(35)18-31(30)36/h4-13,18,22-23,29H,3,14-17,19-21H2,1-2H3/t23-,29-,33-/m1/s1. The topological polar surface area (TPSA) is 74.0 Å². The first-order valence-electron chi connectivity index (χ1n) is 15.1. The zero-order valence-electron chi connectivity index (χ0n) is 25.2. The van der Waals surface area contributed by atoms with Crippen LogP contribution >= 0.6 is 34.8 Å². The first-order valence-corrected chi connectivity index (χ1v) is 16.4. The highest BCUT2D eigenvalue weighted by atomic mass is 35.5. The van der Waals surface area contributed by atoms with Crippen molar-refractivity contribution in [3.05, 3.63) is 99.2 Å². The molecule has 0 saturated carbocycles. The molecular formula is C33H36Cl3N5O4. The lowest BCUT2D eigenvalue weighted by atomic mass is 10.1. The fraction of sp³-hybridized carbons (Fsp3) is 0.394. The number of hydrogen-bond donors (Lipinski definition) is 0. The molecule has 3 heterocycles. The van der Waals surface area contributed by atoms with E-state index in [1.54, 1.807) is 29.1 Å². The Labute approximate surface area is 277 Å². The maximum absolute atomic E-state index is 12.8. The molecule has 1 aromatic heterocycles. The Kier molecular flexibility index (Phi) is 9.63. The summed E-state index contributed by atoms with van der Waals surface area (Å²) in [6.07, 6.45) is 2.14. The SMILES string of the molecule is CC[C@@H](C)n1ncn(-c2ccc(N3CCN(c4ccc(OC[C@@H]5CO[C@@](CCl)(c6ccc(Cl)cc6Cl)O5)cc4)CC3)cc2)c1=O. The Hall–Kier alpha value is -3.21. The normalized spacial score (nSPS) is 20.9. The van der Waals surface area contributed by atoms with E-state index in [4.69, 9.17) is 49.0 Å². The minimum atomic E-state index is -1.14. The zero-order chi connectivity index (χ0) is 31.6. The number of piperazine rings is 1. The van der Waals surface area contributed by atoms with Crippen molar-refractivity contribution in [1.82, 2.24) is 14.3 Å². The third kappa shape index (κ3) is 6.69. The van der Waals surface area contributed by atoms with E-state index in [0.717, 1.165) is 55.4 Å². The maximum atomic E-state index is 12.8. The molecule has 6 rings (SSSR count). The molecule has 2 aliphatic rings. The lowest BCUT2D eigenvalue weighted by Gasteiger charge is -2.37. The van der Waals surface area contributed by atoms with E-state index < -0.39 is 5.79 Å². The molecule has 0 aliphatic carbocycles. The van der Waals surface area contributed by atoms with Gasteiger partial charge in [0.2, 0.25) is 5.79 Å². The van der Waals surface area contributed by atoms with Gasteiger partial charge in [-0.2, -0.15) is 5.10 Å². The number of nitrogens with zero attached hydrogens (tertiary/aromatic N) is 5. The predicted octanol–water partition coefficient (Wildman–Crippen LogP) is 6.52. The molecule has 12 heteroatoms. The summed E-state index contributed by atoms with van der Waals surface area (Å²) in [6, 6.07) is 21.5. The molecule has 2 saturated heterocycles. The second-order valence-corrected chi connectivity index (χ2v) is 12.5. The van der Waals surface area contributed by atoms with E-state index in [0.29, 0.717) is 28.8 Å². The van der Waals surface area contributed by atoms with Gasteiger partial charge in [0.15, 0.2) is 0 Å². The van der Waals surface area contributed by atoms with Crippen LogP contribution in [0.5, 0.6) is 5.75 Å². The van der Waals surface area contributed by atoms with E-state index in [2.05, 4.69) is 39.2 Å². The van der Waals surface area contributed by atoms with Crippen molar-refractivity contribution < 1.29 is 14.2 Å². The lowest BCUT2D eigenvalue weighted by Crippen LogP contribution is -2.46. The molecule has 3 aromatic carbocycles. The van der Waals surface area contributed by atoms with Crippen LogP contribution in [0.15, 0.2) is 77.9 Å². The highest BCUT2D eigenvalue weighted by Crippen LogP contribution is 2.40. The molecule has 0 bridgehead atoms. The quantitative estimate of drug-likeness (QED) is 0.178. The highest BCUT2D eigenvalue weighted by Gasteiger charge is 2.44. The smallest absolute Gasteiger partial charge is 0.350 e. The number of halogens is 3. The number of rotatable bonds is 10. The molecule has 0 spiro atoms. The van der Waals surface area contributed by atoms with Gasteiger partial charge in [-0.3, -0.25) is 0 Å². The van der Waals surface area contributed by atoms with Crippen LogP contribution in [0, 0.1) is 0 Å². The van der Waals surface area contributed by atoms with E-state index in [-0.39, 0.29) is 23.7 Å². The molecule has 2 fully saturated rings.